The zero-order valence-corrected chi connectivity index (χ0v) is 10.5. The Kier molecular flexibility index (Phi) is 2.67. The molecule has 0 spiro atoms. The zero-order valence-electron chi connectivity index (χ0n) is 8.94. The van der Waals surface area contributed by atoms with Crippen molar-refractivity contribution in [3.8, 4) is 10.6 Å². The number of rotatable bonds is 2. The van der Waals surface area contributed by atoms with Crippen LogP contribution >= 0.6 is 22.9 Å². The third kappa shape index (κ3) is 1.97. The number of hydrogen-bond donors (Lipinski definition) is 1. The van der Waals surface area contributed by atoms with Crippen LogP contribution < -0.4 is 5.73 Å². The molecule has 0 aliphatic carbocycles. The van der Waals surface area contributed by atoms with Gasteiger partial charge >= 0.3 is 0 Å². The monoisotopic (exact) mass is 263 g/mol. The van der Waals surface area contributed by atoms with Crippen molar-refractivity contribution in [2.75, 3.05) is 0 Å². The largest absolute Gasteiger partial charge is 0.455 e. The summed E-state index contributed by atoms with van der Waals surface area (Å²) in [6.07, 6.45) is 0. The topological polar surface area (TPSA) is 39.2 Å². The standard InChI is InChI=1S/C13H10ClNOS/c14-9-1-3-11-8(5-9)6-12(16-11)13-4-2-10(7-15)17-13/h1-6H,7,15H2. The predicted molar refractivity (Wildman–Crippen MR) is 72.4 cm³/mol. The third-order valence-electron chi connectivity index (χ3n) is 2.58. The molecule has 0 radical (unpaired) electrons. The van der Waals surface area contributed by atoms with Crippen molar-refractivity contribution < 1.29 is 4.42 Å². The molecular formula is C13H10ClNOS. The second kappa shape index (κ2) is 4.18. The average Bonchev–Trinajstić information content (AvgIpc) is 2.93. The maximum atomic E-state index is 5.94. The lowest BCUT2D eigenvalue weighted by molar-refractivity contribution is 0.633. The Balaban J connectivity index is 2.11. The van der Waals surface area contributed by atoms with Gasteiger partial charge in [-0.15, -0.1) is 11.3 Å². The highest BCUT2D eigenvalue weighted by molar-refractivity contribution is 7.15. The molecule has 17 heavy (non-hydrogen) atoms. The van der Waals surface area contributed by atoms with Gasteiger partial charge in [0.15, 0.2) is 0 Å². The zero-order chi connectivity index (χ0) is 11.8. The van der Waals surface area contributed by atoms with Gasteiger partial charge in [-0.1, -0.05) is 11.6 Å². The molecule has 0 aliphatic rings. The highest BCUT2D eigenvalue weighted by Gasteiger charge is 2.08. The summed E-state index contributed by atoms with van der Waals surface area (Å²) < 4.78 is 5.78. The molecule has 4 heteroatoms. The SMILES string of the molecule is NCc1ccc(-c2cc3cc(Cl)ccc3o2)s1. The van der Waals surface area contributed by atoms with Gasteiger partial charge in [0.05, 0.1) is 4.88 Å². The quantitative estimate of drug-likeness (QED) is 0.750. The van der Waals surface area contributed by atoms with Crippen molar-refractivity contribution in [1.82, 2.24) is 0 Å². The normalized spacial score (nSPS) is 11.2. The van der Waals surface area contributed by atoms with Crippen LogP contribution in [0.5, 0.6) is 0 Å². The van der Waals surface area contributed by atoms with Gasteiger partial charge in [0.1, 0.15) is 11.3 Å². The minimum absolute atomic E-state index is 0.566. The third-order valence-corrected chi connectivity index (χ3v) is 3.94. The molecule has 0 saturated carbocycles. The van der Waals surface area contributed by atoms with Gasteiger partial charge in [-0.3, -0.25) is 0 Å². The Hall–Kier alpha value is -1.29. The minimum Gasteiger partial charge on any atom is -0.455 e. The number of thiophene rings is 1. The first kappa shape index (κ1) is 10.8. The number of fused-ring (bicyclic) bond motifs is 1. The van der Waals surface area contributed by atoms with Crippen molar-refractivity contribution >= 4 is 33.9 Å². The van der Waals surface area contributed by atoms with Gasteiger partial charge in [0, 0.05) is 21.8 Å². The summed E-state index contributed by atoms with van der Waals surface area (Å²) >= 11 is 7.60. The van der Waals surface area contributed by atoms with E-state index in [0.717, 1.165) is 31.5 Å². The van der Waals surface area contributed by atoms with E-state index in [1.165, 1.54) is 0 Å². The summed E-state index contributed by atoms with van der Waals surface area (Å²) in [6.45, 7) is 0.566. The Labute approximate surface area is 108 Å². The van der Waals surface area contributed by atoms with Crippen molar-refractivity contribution in [2.45, 2.75) is 6.54 Å². The molecule has 2 heterocycles. The van der Waals surface area contributed by atoms with Crippen LogP contribution in [0.1, 0.15) is 4.88 Å². The molecule has 0 fully saturated rings. The van der Waals surface area contributed by atoms with E-state index in [4.69, 9.17) is 21.8 Å². The second-order valence-corrected chi connectivity index (χ2v) is 5.37. The van der Waals surface area contributed by atoms with E-state index in [2.05, 4.69) is 0 Å². The molecule has 0 atom stereocenters. The maximum absolute atomic E-state index is 5.94. The van der Waals surface area contributed by atoms with Crippen LogP contribution in [-0.2, 0) is 6.54 Å². The Morgan fingerprint density at radius 3 is 2.82 bits per heavy atom. The summed E-state index contributed by atoms with van der Waals surface area (Å²) in [4.78, 5) is 2.25. The summed E-state index contributed by atoms with van der Waals surface area (Å²) in [5.74, 6) is 0.868. The summed E-state index contributed by atoms with van der Waals surface area (Å²) in [6, 6.07) is 11.7. The fraction of sp³-hybridized carbons (Fsp3) is 0.0769. The first-order valence-corrected chi connectivity index (χ1v) is 6.44. The van der Waals surface area contributed by atoms with Crippen LogP contribution in [-0.4, -0.2) is 0 Å². The highest BCUT2D eigenvalue weighted by Crippen LogP contribution is 2.33. The molecule has 0 amide bonds. The van der Waals surface area contributed by atoms with Crippen LogP contribution in [0.3, 0.4) is 0 Å². The number of hydrogen-bond acceptors (Lipinski definition) is 3. The van der Waals surface area contributed by atoms with E-state index < -0.39 is 0 Å². The van der Waals surface area contributed by atoms with Gasteiger partial charge in [-0.05, 0) is 36.4 Å². The molecule has 2 N–H and O–H groups in total. The molecule has 1 aromatic carbocycles. The van der Waals surface area contributed by atoms with E-state index in [0.29, 0.717) is 6.54 Å². The van der Waals surface area contributed by atoms with Crippen LogP contribution in [0.2, 0.25) is 5.02 Å². The van der Waals surface area contributed by atoms with Crippen LogP contribution in [0.25, 0.3) is 21.6 Å². The number of halogens is 1. The van der Waals surface area contributed by atoms with Crippen molar-refractivity contribution in [3.63, 3.8) is 0 Å². The molecule has 0 bridgehead atoms. The van der Waals surface area contributed by atoms with E-state index in [9.17, 15) is 0 Å². The van der Waals surface area contributed by atoms with Gasteiger partial charge < -0.3 is 10.2 Å². The summed E-state index contributed by atoms with van der Waals surface area (Å²) in [7, 11) is 0. The van der Waals surface area contributed by atoms with Crippen molar-refractivity contribution in [1.29, 1.82) is 0 Å². The first-order chi connectivity index (χ1) is 8.26. The molecule has 0 saturated heterocycles. The van der Waals surface area contributed by atoms with Crippen molar-refractivity contribution in [2.24, 2.45) is 5.73 Å². The fourth-order valence-corrected chi connectivity index (χ4v) is 2.78. The van der Waals surface area contributed by atoms with Crippen LogP contribution in [0, 0.1) is 0 Å². The average molecular weight is 264 g/mol. The Morgan fingerprint density at radius 2 is 2.06 bits per heavy atom. The highest BCUT2D eigenvalue weighted by atomic mass is 35.5. The van der Waals surface area contributed by atoms with E-state index in [-0.39, 0.29) is 0 Å². The second-order valence-electron chi connectivity index (χ2n) is 3.76. The summed E-state index contributed by atoms with van der Waals surface area (Å²) in [5.41, 5.74) is 6.45. The first-order valence-electron chi connectivity index (χ1n) is 5.24. The lowest BCUT2D eigenvalue weighted by Gasteiger charge is -1.89. The summed E-state index contributed by atoms with van der Waals surface area (Å²) in [5, 5.41) is 1.74. The molecule has 3 rings (SSSR count). The molecule has 2 nitrogen and oxygen atoms in total. The molecule has 0 unspecified atom stereocenters. The van der Waals surface area contributed by atoms with Gasteiger partial charge in [0.2, 0.25) is 0 Å². The van der Waals surface area contributed by atoms with Gasteiger partial charge in [0.25, 0.3) is 0 Å². The van der Waals surface area contributed by atoms with Crippen molar-refractivity contribution in [3.05, 3.63) is 46.3 Å². The Bertz CT molecular complexity index is 671. The molecular weight excluding hydrogens is 254 g/mol. The number of furan rings is 1. The van der Waals surface area contributed by atoms with Gasteiger partial charge in [-0.25, -0.2) is 0 Å². The Morgan fingerprint density at radius 1 is 1.18 bits per heavy atom. The fourth-order valence-electron chi connectivity index (χ4n) is 1.76. The number of nitrogens with two attached hydrogens (primary N) is 1. The van der Waals surface area contributed by atoms with E-state index >= 15 is 0 Å². The number of benzene rings is 1. The van der Waals surface area contributed by atoms with Crippen LogP contribution in [0.4, 0.5) is 0 Å². The van der Waals surface area contributed by atoms with E-state index in [1.807, 2.05) is 36.4 Å². The predicted octanol–water partition coefficient (Wildman–Crippen LogP) is 4.27. The van der Waals surface area contributed by atoms with Gasteiger partial charge in [-0.2, -0.15) is 0 Å². The molecule has 2 aromatic heterocycles. The lowest BCUT2D eigenvalue weighted by Crippen LogP contribution is -1.90. The maximum Gasteiger partial charge on any atom is 0.145 e. The van der Waals surface area contributed by atoms with E-state index in [1.54, 1.807) is 11.3 Å². The lowest BCUT2D eigenvalue weighted by atomic mass is 10.2. The molecule has 86 valence electrons. The molecule has 0 aliphatic heterocycles. The molecule has 3 aromatic rings. The minimum atomic E-state index is 0.566. The van der Waals surface area contributed by atoms with Crippen LogP contribution in [0.15, 0.2) is 40.8 Å². The smallest absolute Gasteiger partial charge is 0.145 e.